The standard InChI is InChI=1S/C21H26NO6P/c1-15(2)19(22-21(25)28-13-16-9-5-3-6-10-16)29(26,27)14-18(20(23)24)17-11-7-4-8-12-17/h3-12,15,18-19H,13-14H2,1-2H3,(H,22,25)(H,23,24)(H,26,27). The van der Waals surface area contributed by atoms with Crippen molar-refractivity contribution in [3.05, 3.63) is 71.8 Å². The first-order chi connectivity index (χ1) is 13.7. The highest BCUT2D eigenvalue weighted by atomic mass is 31.2. The highest BCUT2D eigenvalue weighted by molar-refractivity contribution is 7.58. The minimum atomic E-state index is -4.08. The molecule has 0 aromatic heterocycles. The van der Waals surface area contributed by atoms with Gasteiger partial charge in [0.25, 0.3) is 0 Å². The zero-order valence-electron chi connectivity index (χ0n) is 16.4. The van der Waals surface area contributed by atoms with Crippen molar-refractivity contribution in [1.29, 1.82) is 0 Å². The zero-order valence-corrected chi connectivity index (χ0v) is 17.3. The molecule has 2 aromatic carbocycles. The van der Waals surface area contributed by atoms with Gasteiger partial charge in [-0.05, 0) is 17.0 Å². The third-order valence-electron chi connectivity index (χ3n) is 4.49. The lowest BCUT2D eigenvalue weighted by Gasteiger charge is -2.28. The Morgan fingerprint density at radius 2 is 1.59 bits per heavy atom. The molecule has 3 atom stereocenters. The maximum absolute atomic E-state index is 13.1. The summed E-state index contributed by atoms with van der Waals surface area (Å²) in [5.41, 5.74) is 1.22. The fourth-order valence-electron chi connectivity index (χ4n) is 3.01. The maximum atomic E-state index is 13.1. The molecule has 0 aliphatic heterocycles. The summed E-state index contributed by atoms with van der Waals surface area (Å²) in [7, 11) is -4.08. The van der Waals surface area contributed by atoms with Crippen LogP contribution in [0, 0.1) is 5.92 Å². The van der Waals surface area contributed by atoms with Gasteiger partial charge in [-0.2, -0.15) is 0 Å². The van der Waals surface area contributed by atoms with Crippen molar-refractivity contribution in [2.75, 3.05) is 6.16 Å². The van der Waals surface area contributed by atoms with Crippen LogP contribution in [0.1, 0.15) is 30.9 Å². The Morgan fingerprint density at radius 3 is 2.10 bits per heavy atom. The van der Waals surface area contributed by atoms with Crippen LogP contribution in [0.5, 0.6) is 0 Å². The molecule has 29 heavy (non-hydrogen) atoms. The Hall–Kier alpha value is -2.63. The molecule has 0 bridgehead atoms. The second kappa shape index (κ2) is 10.2. The summed E-state index contributed by atoms with van der Waals surface area (Å²) in [6, 6.07) is 17.3. The van der Waals surface area contributed by atoms with Crippen LogP contribution in [0.15, 0.2) is 60.7 Å². The average molecular weight is 419 g/mol. The molecule has 7 nitrogen and oxygen atoms in total. The average Bonchev–Trinajstić information content (AvgIpc) is 2.69. The summed E-state index contributed by atoms with van der Waals surface area (Å²) in [5, 5.41) is 12.0. The van der Waals surface area contributed by atoms with E-state index in [9.17, 15) is 24.2 Å². The number of carboxylic acid groups (broad SMARTS) is 1. The number of benzene rings is 2. The molecule has 8 heteroatoms. The molecule has 0 saturated carbocycles. The summed E-state index contributed by atoms with van der Waals surface area (Å²) in [5.74, 6) is -3.88. The number of rotatable bonds is 9. The lowest BCUT2D eigenvalue weighted by molar-refractivity contribution is -0.138. The van der Waals surface area contributed by atoms with Gasteiger partial charge >= 0.3 is 12.1 Å². The van der Waals surface area contributed by atoms with Crippen LogP contribution in [0.3, 0.4) is 0 Å². The summed E-state index contributed by atoms with van der Waals surface area (Å²) in [6.45, 7) is 3.39. The second-order valence-electron chi connectivity index (χ2n) is 7.13. The summed E-state index contributed by atoms with van der Waals surface area (Å²) < 4.78 is 18.2. The number of carboxylic acids is 1. The normalized spacial score (nSPS) is 15.2. The van der Waals surface area contributed by atoms with Crippen LogP contribution in [0.4, 0.5) is 4.79 Å². The molecule has 2 aromatic rings. The van der Waals surface area contributed by atoms with Gasteiger partial charge in [0.15, 0.2) is 0 Å². The van der Waals surface area contributed by atoms with Gasteiger partial charge in [-0.25, -0.2) is 4.79 Å². The topological polar surface area (TPSA) is 113 Å². The third-order valence-corrected chi connectivity index (χ3v) is 6.97. The third kappa shape index (κ3) is 6.73. The predicted molar refractivity (Wildman–Crippen MR) is 110 cm³/mol. The van der Waals surface area contributed by atoms with Crippen LogP contribution in [-0.4, -0.2) is 34.0 Å². The summed E-state index contributed by atoms with van der Waals surface area (Å²) in [4.78, 5) is 34.6. The molecule has 0 radical (unpaired) electrons. The van der Waals surface area contributed by atoms with E-state index in [1.165, 1.54) is 0 Å². The molecular weight excluding hydrogens is 393 g/mol. The first-order valence-electron chi connectivity index (χ1n) is 9.27. The molecule has 0 fully saturated rings. The van der Waals surface area contributed by atoms with E-state index in [0.717, 1.165) is 5.56 Å². The molecule has 3 N–H and O–H groups in total. The molecule has 156 valence electrons. The molecule has 0 aliphatic rings. The Labute approximate surface area is 170 Å². The van der Waals surface area contributed by atoms with E-state index in [0.29, 0.717) is 5.56 Å². The van der Waals surface area contributed by atoms with Crippen LogP contribution in [0.25, 0.3) is 0 Å². The number of aliphatic carboxylic acids is 1. The summed E-state index contributed by atoms with van der Waals surface area (Å²) in [6.07, 6.45) is -1.32. The van der Waals surface area contributed by atoms with E-state index in [4.69, 9.17) is 4.74 Å². The number of carbonyl (C=O) groups excluding carboxylic acids is 1. The Kier molecular flexibility index (Phi) is 8.00. The molecule has 3 unspecified atom stereocenters. The van der Waals surface area contributed by atoms with Gasteiger partial charge in [-0.3, -0.25) is 9.36 Å². The van der Waals surface area contributed by atoms with Gasteiger partial charge in [0, 0.05) is 6.16 Å². The number of carbonyl (C=O) groups is 2. The fraction of sp³-hybridized carbons (Fsp3) is 0.333. The summed E-state index contributed by atoms with van der Waals surface area (Å²) >= 11 is 0. The molecule has 0 saturated heterocycles. The van der Waals surface area contributed by atoms with Gasteiger partial charge in [-0.15, -0.1) is 0 Å². The molecule has 0 aliphatic carbocycles. The first-order valence-corrected chi connectivity index (χ1v) is 11.2. The van der Waals surface area contributed by atoms with Gasteiger partial charge in [-0.1, -0.05) is 74.5 Å². The SMILES string of the molecule is CC(C)C(NC(=O)OCc1ccccc1)P(=O)(O)CC(C(=O)O)c1ccccc1. The number of amides is 1. The van der Waals surface area contributed by atoms with Gasteiger partial charge in [0.1, 0.15) is 12.4 Å². The van der Waals surface area contributed by atoms with Gasteiger partial charge < -0.3 is 20.1 Å². The fourth-order valence-corrected chi connectivity index (χ4v) is 5.36. The quantitative estimate of drug-likeness (QED) is 0.529. The van der Waals surface area contributed by atoms with Gasteiger partial charge in [0.2, 0.25) is 7.37 Å². The van der Waals surface area contributed by atoms with Gasteiger partial charge in [0.05, 0.1) is 5.92 Å². The van der Waals surface area contributed by atoms with Crippen molar-refractivity contribution < 1.29 is 28.9 Å². The molecule has 2 rings (SSSR count). The van der Waals surface area contributed by atoms with E-state index >= 15 is 0 Å². The monoisotopic (exact) mass is 419 g/mol. The number of nitrogens with one attached hydrogen (secondary N) is 1. The lowest BCUT2D eigenvalue weighted by Crippen LogP contribution is -2.40. The number of hydrogen-bond donors (Lipinski definition) is 3. The highest BCUT2D eigenvalue weighted by Crippen LogP contribution is 2.51. The second-order valence-corrected chi connectivity index (χ2v) is 9.57. The molecule has 1 amide bonds. The largest absolute Gasteiger partial charge is 0.481 e. The van der Waals surface area contributed by atoms with Crippen molar-refractivity contribution in [2.45, 2.75) is 32.2 Å². The Morgan fingerprint density at radius 1 is 1.03 bits per heavy atom. The van der Waals surface area contributed by atoms with E-state index in [-0.39, 0.29) is 6.61 Å². The van der Waals surface area contributed by atoms with Crippen LogP contribution in [0.2, 0.25) is 0 Å². The Balaban J connectivity index is 2.09. The minimum Gasteiger partial charge on any atom is -0.481 e. The minimum absolute atomic E-state index is 0.0228. The van der Waals surface area contributed by atoms with E-state index in [1.807, 2.05) is 18.2 Å². The van der Waals surface area contributed by atoms with E-state index in [1.54, 1.807) is 56.3 Å². The highest BCUT2D eigenvalue weighted by Gasteiger charge is 2.39. The maximum Gasteiger partial charge on any atom is 0.408 e. The van der Waals surface area contributed by atoms with Crippen LogP contribution in [-0.2, 0) is 20.7 Å². The first kappa shape index (κ1) is 22.7. The van der Waals surface area contributed by atoms with Crippen molar-refractivity contribution >= 4 is 19.4 Å². The van der Waals surface area contributed by atoms with Crippen LogP contribution < -0.4 is 5.32 Å². The van der Waals surface area contributed by atoms with Crippen LogP contribution >= 0.6 is 7.37 Å². The van der Waals surface area contributed by atoms with E-state index in [2.05, 4.69) is 5.32 Å². The molecule has 0 heterocycles. The molecule has 0 spiro atoms. The number of hydrogen-bond acceptors (Lipinski definition) is 4. The van der Waals surface area contributed by atoms with Crippen molar-refractivity contribution in [1.82, 2.24) is 5.32 Å². The van der Waals surface area contributed by atoms with Crippen molar-refractivity contribution in [3.63, 3.8) is 0 Å². The van der Waals surface area contributed by atoms with E-state index < -0.39 is 43.2 Å². The smallest absolute Gasteiger partial charge is 0.408 e. The van der Waals surface area contributed by atoms with Crippen molar-refractivity contribution in [3.8, 4) is 0 Å². The number of alkyl carbamates (subject to hydrolysis) is 1. The Bertz CT molecular complexity index is 856. The van der Waals surface area contributed by atoms with Crippen molar-refractivity contribution in [2.24, 2.45) is 5.92 Å². The zero-order chi connectivity index (χ0) is 21.4. The predicted octanol–water partition coefficient (Wildman–Crippen LogP) is 4.03. The lowest BCUT2D eigenvalue weighted by atomic mass is 10.0. The molecular formula is C21H26NO6P. The number of ether oxygens (including phenoxy) is 1.